The quantitative estimate of drug-likeness (QED) is 0.860. The highest BCUT2D eigenvalue weighted by molar-refractivity contribution is 7.98. The normalized spacial score (nSPS) is 12.3. The third kappa shape index (κ3) is 2.93. The zero-order valence-corrected chi connectivity index (χ0v) is 12.9. The summed E-state index contributed by atoms with van der Waals surface area (Å²) in [5, 5.41) is 3.34. The van der Waals surface area contributed by atoms with E-state index in [9.17, 15) is 0 Å². The van der Waals surface area contributed by atoms with Crippen LogP contribution in [0.1, 0.15) is 22.7 Å². The van der Waals surface area contributed by atoms with Crippen LogP contribution in [0.5, 0.6) is 11.5 Å². The van der Waals surface area contributed by atoms with E-state index in [1.54, 1.807) is 14.2 Å². The molecule has 0 heterocycles. The Kier molecular flexibility index (Phi) is 5.82. The van der Waals surface area contributed by atoms with E-state index < -0.39 is 0 Å². The topological polar surface area (TPSA) is 30.5 Å². The molecule has 0 aliphatic heterocycles. The molecule has 0 spiro atoms. The molecule has 1 aromatic carbocycles. The molecule has 1 rings (SSSR count). The van der Waals surface area contributed by atoms with Gasteiger partial charge in [-0.2, -0.15) is 11.8 Å². The van der Waals surface area contributed by atoms with Crippen molar-refractivity contribution in [2.75, 3.05) is 33.3 Å². The van der Waals surface area contributed by atoms with Crippen LogP contribution in [0, 0.1) is 13.8 Å². The molecular weight excluding hydrogens is 246 g/mol. The Hall–Kier alpha value is -0.870. The second kappa shape index (κ2) is 6.90. The van der Waals surface area contributed by atoms with Crippen molar-refractivity contribution in [2.45, 2.75) is 19.9 Å². The van der Waals surface area contributed by atoms with Gasteiger partial charge in [-0.25, -0.2) is 0 Å². The highest BCUT2D eigenvalue weighted by Gasteiger charge is 2.19. The zero-order valence-electron chi connectivity index (χ0n) is 12.1. The second-order valence-electron chi connectivity index (χ2n) is 4.25. The Morgan fingerprint density at radius 3 is 2.33 bits per heavy atom. The molecule has 4 heteroatoms. The molecule has 0 saturated heterocycles. The predicted octanol–water partition coefficient (Wildman–Crippen LogP) is 2.94. The molecule has 0 amide bonds. The molecule has 102 valence electrons. The molecule has 1 atom stereocenters. The van der Waals surface area contributed by atoms with Crippen LogP contribution in [0.25, 0.3) is 0 Å². The number of rotatable bonds is 6. The summed E-state index contributed by atoms with van der Waals surface area (Å²) in [5.41, 5.74) is 3.44. The number of hydrogen-bond acceptors (Lipinski definition) is 4. The summed E-state index contributed by atoms with van der Waals surface area (Å²) in [6.07, 6.45) is 2.11. The molecule has 18 heavy (non-hydrogen) atoms. The maximum Gasteiger partial charge on any atom is 0.127 e. The zero-order chi connectivity index (χ0) is 13.7. The minimum absolute atomic E-state index is 0.267. The van der Waals surface area contributed by atoms with E-state index in [2.05, 4.69) is 31.5 Å². The van der Waals surface area contributed by atoms with Crippen molar-refractivity contribution in [1.29, 1.82) is 0 Å². The summed E-state index contributed by atoms with van der Waals surface area (Å²) in [5.74, 6) is 2.88. The minimum Gasteiger partial charge on any atom is -0.496 e. The monoisotopic (exact) mass is 269 g/mol. The number of nitrogens with one attached hydrogen (secondary N) is 1. The van der Waals surface area contributed by atoms with E-state index in [0.29, 0.717) is 0 Å². The number of hydrogen-bond donors (Lipinski definition) is 1. The third-order valence-electron chi connectivity index (χ3n) is 3.30. The van der Waals surface area contributed by atoms with Gasteiger partial charge in [0.25, 0.3) is 0 Å². The standard InChI is InChI=1S/C14H23NO2S/c1-9-10(2)14(17-5)11(7-13(9)16-4)12(15-3)8-18-6/h7,12,15H,8H2,1-6H3. The molecule has 3 nitrogen and oxygen atoms in total. The van der Waals surface area contributed by atoms with Gasteiger partial charge in [0.2, 0.25) is 0 Å². The predicted molar refractivity (Wildman–Crippen MR) is 79.2 cm³/mol. The van der Waals surface area contributed by atoms with Crippen molar-refractivity contribution < 1.29 is 9.47 Å². The summed E-state index contributed by atoms with van der Waals surface area (Å²) in [6, 6.07) is 2.35. The molecule has 0 fully saturated rings. The number of methoxy groups -OCH3 is 2. The van der Waals surface area contributed by atoms with E-state index in [1.165, 1.54) is 0 Å². The van der Waals surface area contributed by atoms with Crippen LogP contribution in [-0.4, -0.2) is 33.3 Å². The molecule has 0 aliphatic carbocycles. The summed E-state index contributed by atoms with van der Waals surface area (Å²) < 4.78 is 11.0. The van der Waals surface area contributed by atoms with Gasteiger partial charge in [0.05, 0.1) is 14.2 Å². The Morgan fingerprint density at radius 1 is 1.22 bits per heavy atom. The maximum absolute atomic E-state index is 5.58. The third-order valence-corrected chi connectivity index (χ3v) is 3.97. The first kappa shape index (κ1) is 15.2. The van der Waals surface area contributed by atoms with Crippen molar-refractivity contribution in [3.05, 3.63) is 22.8 Å². The van der Waals surface area contributed by atoms with Gasteiger partial charge in [0.15, 0.2) is 0 Å². The lowest BCUT2D eigenvalue weighted by molar-refractivity contribution is 0.389. The fraction of sp³-hybridized carbons (Fsp3) is 0.571. The van der Waals surface area contributed by atoms with Crippen LogP contribution < -0.4 is 14.8 Å². The molecule has 1 N–H and O–H groups in total. The van der Waals surface area contributed by atoms with Gasteiger partial charge < -0.3 is 14.8 Å². The highest BCUT2D eigenvalue weighted by atomic mass is 32.2. The fourth-order valence-corrected chi connectivity index (χ4v) is 2.80. The van der Waals surface area contributed by atoms with Crippen molar-refractivity contribution in [3.8, 4) is 11.5 Å². The van der Waals surface area contributed by atoms with E-state index in [1.807, 2.05) is 18.8 Å². The summed E-state index contributed by atoms with van der Waals surface area (Å²) in [4.78, 5) is 0. The first-order chi connectivity index (χ1) is 8.60. The summed E-state index contributed by atoms with van der Waals surface area (Å²) in [7, 11) is 5.41. The van der Waals surface area contributed by atoms with E-state index in [4.69, 9.17) is 9.47 Å². The average Bonchev–Trinajstić information content (AvgIpc) is 2.39. The van der Waals surface area contributed by atoms with Gasteiger partial charge in [-0.15, -0.1) is 0 Å². The maximum atomic E-state index is 5.58. The fourth-order valence-electron chi connectivity index (χ4n) is 2.12. The largest absolute Gasteiger partial charge is 0.496 e. The number of thioether (sulfide) groups is 1. The first-order valence-electron chi connectivity index (χ1n) is 5.98. The molecule has 0 radical (unpaired) electrons. The van der Waals surface area contributed by atoms with E-state index >= 15 is 0 Å². The summed E-state index contributed by atoms with van der Waals surface area (Å²) in [6.45, 7) is 4.13. The molecule has 1 unspecified atom stereocenters. The van der Waals surface area contributed by atoms with Gasteiger partial charge in [0.1, 0.15) is 11.5 Å². The van der Waals surface area contributed by atoms with Crippen LogP contribution in [0.2, 0.25) is 0 Å². The second-order valence-corrected chi connectivity index (χ2v) is 5.16. The van der Waals surface area contributed by atoms with Crippen LogP contribution >= 0.6 is 11.8 Å². The molecule has 0 aromatic heterocycles. The molecule has 1 aromatic rings. The Labute approximate surface area is 114 Å². The van der Waals surface area contributed by atoms with Crippen LogP contribution in [-0.2, 0) is 0 Å². The van der Waals surface area contributed by atoms with Crippen molar-refractivity contribution in [3.63, 3.8) is 0 Å². The Bertz CT molecular complexity index is 407. The van der Waals surface area contributed by atoms with Gasteiger partial charge in [-0.3, -0.25) is 0 Å². The van der Waals surface area contributed by atoms with Gasteiger partial charge in [0, 0.05) is 17.4 Å². The lowest BCUT2D eigenvalue weighted by atomic mass is 9.98. The van der Waals surface area contributed by atoms with Crippen LogP contribution in [0.4, 0.5) is 0 Å². The average molecular weight is 269 g/mol. The molecular formula is C14H23NO2S. The summed E-state index contributed by atoms with van der Waals surface area (Å²) >= 11 is 1.81. The smallest absolute Gasteiger partial charge is 0.127 e. The molecule has 0 aliphatic rings. The molecule has 0 bridgehead atoms. The van der Waals surface area contributed by atoms with Gasteiger partial charge >= 0.3 is 0 Å². The lowest BCUT2D eigenvalue weighted by Crippen LogP contribution is -2.20. The van der Waals surface area contributed by atoms with Crippen molar-refractivity contribution in [2.24, 2.45) is 0 Å². The number of benzene rings is 1. The van der Waals surface area contributed by atoms with Gasteiger partial charge in [-0.05, 0) is 44.3 Å². The van der Waals surface area contributed by atoms with Crippen LogP contribution in [0.15, 0.2) is 6.07 Å². The Balaban J connectivity index is 3.35. The number of ether oxygens (including phenoxy) is 2. The van der Waals surface area contributed by atoms with E-state index in [0.717, 1.165) is 33.9 Å². The van der Waals surface area contributed by atoms with Gasteiger partial charge in [-0.1, -0.05) is 0 Å². The SMILES string of the molecule is CNC(CSC)c1cc(OC)c(C)c(C)c1OC. The Morgan fingerprint density at radius 2 is 1.89 bits per heavy atom. The first-order valence-corrected chi connectivity index (χ1v) is 7.38. The molecule has 0 saturated carbocycles. The lowest BCUT2D eigenvalue weighted by Gasteiger charge is -2.22. The highest BCUT2D eigenvalue weighted by Crippen LogP contribution is 2.37. The van der Waals surface area contributed by atoms with Crippen molar-refractivity contribution in [1.82, 2.24) is 5.32 Å². The van der Waals surface area contributed by atoms with Crippen LogP contribution in [0.3, 0.4) is 0 Å². The van der Waals surface area contributed by atoms with E-state index in [-0.39, 0.29) is 6.04 Å². The van der Waals surface area contributed by atoms with Crippen molar-refractivity contribution >= 4 is 11.8 Å². The minimum atomic E-state index is 0.267.